The van der Waals surface area contributed by atoms with Gasteiger partial charge in [0.25, 0.3) is 17.4 Å². The molecule has 3 aliphatic rings. The van der Waals surface area contributed by atoms with Crippen molar-refractivity contribution in [3.8, 4) is 11.8 Å². The van der Waals surface area contributed by atoms with E-state index in [0.717, 1.165) is 15.9 Å². The molecular weight excluding hydrogens is 497 g/mol. The number of alkyl halides is 3. The zero-order valence-electron chi connectivity index (χ0n) is 18.9. The van der Waals surface area contributed by atoms with Crippen molar-refractivity contribution in [1.29, 1.82) is 0 Å². The van der Waals surface area contributed by atoms with Gasteiger partial charge in [-0.25, -0.2) is 4.79 Å². The van der Waals surface area contributed by atoms with E-state index >= 15 is 0 Å². The van der Waals surface area contributed by atoms with Gasteiger partial charge in [0.15, 0.2) is 0 Å². The van der Waals surface area contributed by atoms with Crippen LogP contribution in [0.3, 0.4) is 0 Å². The molecule has 2 aliphatic heterocycles. The number of ether oxygens (including phenoxy) is 1. The highest BCUT2D eigenvalue weighted by molar-refractivity contribution is 6.30. The number of imide groups is 1. The van der Waals surface area contributed by atoms with Gasteiger partial charge in [0.2, 0.25) is 0 Å². The van der Waals surface area contributed by atoms with Gasteiger partial charge < -0.3 is 4.74 Å². The number of anilines is 1. The predicted octanol–water partition coefficient (Wildman–Crippen LogP) is 5.54. The van der Waals surface area contributed by atoms with Crippen LogP contribution in [-0.4, -0.2) is 42.1 Å². The molecule has 186 valence electrons. The van der Waals surface area contributed by atoms with Gasteiger partial charge in [-0.15, -0.1) is 0 Å². The van der Waals surface area contributed by atoms with Gasteiger partial charge >= 0.3 is 12.3 Å². The van der Waals surface area contributed by atoms with Crippen LogP contribution in [0.1, 0.15) is 52.0 Å². The minimum atomic E-state index is -4.98. The monoisotopic (exact) mass is 516 g/mol. The molecule has 0 bridgehead atoms. The highest BCUT2D eigenvalue weighted by Gasteiger charge is 2.63. The molecule has 2 heterocycles. The van der Waals surface area contributed by atoms with Crippen LogP contribution in [0.15, 0.2) is 42.5 Å². The van der Waals surface area contributed by atoms with Gasteiger partial charge in [0.05, 0.1) is 16.8 Å². The van der Waals surface area contributed by atoms with Crippen molar-refractivity contribution in [1.82, 2.24) is 4.90 Å². The fourth-order valence-electron chi connectivity index (χ4n) is 4.36. The summed E-state index contributed by atoms with van der Waals surface area (Å²) in [5, 5.41) is 0.0547. The molecule has 1 unspecified atom stereocenters. The zero-order valence-corrected chi connectivity index (χ0v) is 19.7. The van der Waals surface area contributed by atoms with Crippen molar-refractivity contribution in [2.45, 2.75) is 37.5 Å². The van der Waals surface area contributed by atoms with Crippen LogP contribution in [0.4, 0.5) is 23.7 Å². The van der Waals surface area contributed by atoms with Crippen LogP contribution >= 0.6 is 11.6 Å². The number of carbonyl (C=O) groups excluding carboxylic acids is 3. The number of unbranched alkanes of at least 4 members (excludes halogenated alkanes) is 1. The minimum absolute atomic E-state index is 0.0128. The van der Waals surface area contributed by atoms with Crippen molar-refractivity contribution >= 4 is 35.2 Å². The normalized spacial score (nSPS) is 21.1. The molecule has 0 radical (unpaired) electrons. The van der Waals surface area contributed by atoms with E-state index in [1.807, 2.05) is 0 Å². The fourth-order valence-corrected chi connectivity index (χ4v) is 4.54. The Morgan fingerprint density at radius 1 is 0.972 bits per heavy atom. The van der Waals surface area contributed by atoms with Crippen molar-refractivity contribution in [2.75, 3.05) is 18.0 Å². The summed E-state index contributed by atoms with van der Waals surface area (Å²) in [7, 11) is 0. The summed E-state index contributed by atoms with van der Waals surface area (Å²) < 4.78 is 48.0. The van der Waals surface area contributed by atoms with E-state index < -0.39 is 29.7 Å². The number of carbonyl (C=O) groups is 3. The molecule has 0 saturated heterocycles. The number of amides is 3. The number of fused-ring (bicyclic) bond motifs is 2. The molecule has 3 amide bonds. The highest BCUT2D eigenvalue weighted by Crippen LogP contribution is 2.50. The fraction of sp³-hybridized carbons (Fsp3) is 0.346. The molecule has 1 saturated carbocycles. The number of cyclic esters (lactones) is 1. The molecular formula is C26H20ClF3N2O4. The molecule has 2 aromatic rings. The smallest absolute Gasteiger partial charge is 0.415 e. The Labute approximate surface area is 209 Å². The largest absolute Gasteiger partial charge is 0.445 e. The maximum atomic E-state index is 14.3. The summed E-state index contributed by atoms with van der Waals surface area (Å²) in [6, 6.07) is 10.4. The van der Waals surface area contributed by atoms with Crippen molar-refractivity contribution in [3.05, 3.63) is 64.2 Å². The quantitative estimate of drug-likeness (QED) is 0.297. The number of nitrogens with zero attached hydrogens (tertiary/aromatic N) is 2. The summed E-state index contributed by atoms with van der Waals surface area (Å²) in [6.07, 6.45) is -4.11. The third kappa shape index (κ3) is 4.09. The van der Waals surface area contributed by atoms with E-state index in [2.05, 4.69) is 11.8 Å². The van der Waals surface area contributed by atoms with Crippen LogP contribution in [0.5, 0.6) is 0 Å². The summed E-state index contributed by atoms with van der Waals surface area (Å²) >= 11 is 6.03. The van der Waals surface area contributed by atoms with Gasteiger partial charge in [0.1, 0.15) is 0 Å². The lowest BCUT2D eigenvalue weighted by Crippen LogP contribution is -2.53. The van der Waals surface area contributed by atoms with Crippen LogP contribution < -0.4 is 4.90 Å². The Balaban J connectivity index is 1.34. The Morgan fingerprint density at radius 3 is 2.17 bits per heavy atom. The molecule has 0 aromatic heterocycles. The van der Waals surface area contributed by atoms with Crippen LogP contribution in [0.25, 0.3) is 0 Å². The number of rotatable bonds is 5. The molecule has 10 heteroatoms. The van der Waals surface area contributed by atoms with E-state index in [0.29, 0.717) is 36.8 Å². The molecule has 1 fully saturated rings. The molecule has 1 aliphatic carbocycles. The maximum Gasteiger partial charge on any atom is 0.445 e. The first-order chi connectivity index (χ1) is 17.1. The Kier molecular flexibility index (Phi) is 5.95. The summed E-state index contributed by atoms with van der Waals surface area (Å²) in [5.74, 6) is 3.87. The van der Waals surface area contributed by atoms with E-state index in [4.69, 9.17) is 16.3 Å². The third-order valence-electron chi connectivity index (χ3n) is 6.41. The molecule has 0 spiro atoms. The average molecular weight is 517 g/mol. The maximum absolute atomic E-state index is 14.3. The lowest BCUT2D eigenvalue weighted by Gasteiger charge is -2.40. The summed E-state index contributed by atoms with van der Waals surface area (Å²) in [5.41, 5.74) is -2.76. The second-order valence-electron chi connectivity index (χ2n) is 8.92. The molecule has 0 N–H and O–H groups in total. The Morgan fingerprint density at radius 2 is 1.58 bits per heavy atom. The first-order valence-electron chi connectivity index (χ1n) is 11.5. The van der Waals surface area contributed by atoms with E-state index in [-0.39, 0.29) is 35.3 Å². The van der Waals surface area contributed by atoms with Crippen molar-refractivity contribution in [3.63, 3.8) is 0 Å². The molecule has 1 atom stereocenters. The lowest BCUT2D eigenvalue weighted by atomic mass is 9.89. The van der Waals surface area contributed by atoms with Gasteiger partial charge in [0, 0.05) is 29.6 Å². The van der Waals surface area contributed by atoms with E-state index in [9.17, 15) is 27.6 Å². The topological polar surface area (TPSA) is 66.9 Å². The summed E-state index contributed by atoms with van der Waals surface area (Å²) in [4.78, 5) is 40.1. The standard InChI is InChI=1S/C26H20ClF3N2O4/c27-17-9-10-21-20(15-17)25(26(28,29)30,12-11-16-7-8-16)36-24(35)31(21)13-3-4-14-32-22(33)18-5-1-2-6-19(18)23(32)34/h1-2,5-6,9-10,15-16H,3-4,7-8,13-14H2. The number of hydrogen-bond acceptors (Lipinski definition) is 4. The zero-order chi connectivity index (χ0) is 25.7. The van der Waals surface area contributed by atoms with Crippen molar-refractivity contribution < 1.29 is 32.3 Å². The molecule has 36 heavy (non-hydrogen) atoms. The number of hydrogen-bond donors (Lipinski definition) is 0. The van der Waals surface area contributed by atoms with E-state index in [1.165, 1.54) is 12.1 Å². The van der Waals surface area contributed by atoms with Gasteiger partial charge in [-0.2, -0.15) is 13.2 Å². The van der Waals surface area contributed by atoms with Gasteiger partial charge in [-0.05, 0) is 61.9 Å². The minimum Gasteiger partial charge on any atom is -0.415 e. The Hall–Kier alpha value is -3.51. The molecule has 2 aromatic carbocycles. The average Bonchev–Trinajstić information content (AvgIpc) is 3.63. The van der Waals surface area contributed by atoms with Crippen molar-refractivity contribution in [2.24, 2.45) is 5.92 Å². The predicted molar refractivity (Wildman–Crippen MR) is 125 cm³/mol. The summed E-state index contributed by atoms with van der Waals surface area (Å²) in [6.45, 7) is 0.128. The first-order valence-corrected chi connectivity index (χ1v) is 11.9. The van der Waals surface area contributed by atoms with Gasteiger partial charge in [-0.1, -0.05) is 29.7 Å². The molecule has 5 rings (SSSR count). The molecule has 6 nitrogen and oxygen atoms in total. The van der Waals surface area contributed by atoms with Crippen LogP contribution in [0.2, 0.25) is 5.02 Å². The van der Waals surface area contributed by atoms with Crippen LogP contribution in [0, 0.1) is 17.8 Å². The highest BCUT2D eigenvalue weighted by atomic mass is 35.5. The lowest BCUT2D eigenvalue weighted by molar-refractivity contribution is -0.240. The van der Waals surface area contributed by atoms with Gasteiger partial charge in [-0.3, -0.25) is 19.4 Å². The Bertz CT molecular complexity index is 1290. The number of benzene rings is 2. The third-order valence-corrected chi connectivity index (χ3v) is 6.65. The van der Waals surface area contributed by atoms with Crippen LogP contribution in [-0.2, 0) is 10.3 Å². The van der Waals surface area contributed by atoms with E-state index in [1.54, 1.807) is 24.3 Å². The second kappa shape index (κ2) is 8.86. The number of halogens is 4. The SMILES string of the molecule is O=C1c2ccccc2C(=O)N1CCCCN1C(=O)OC(C#CC2CC2)(C(F)(F)F)c2cc(Cl)ccc21. The second-order valence-corrected chi connectivity index (χ2v) is 9.35. The first kappa shape index (κ1) is 24.2.